The van der Waals surface area contributed by atoms with E-state index in [4.69, 9.17) is 0 Å². The summed E-state index contributed by atoms with van der Waals surface area (Å²) >= 11 is 3.25. The fraction of sp³-hybridized carbons (Fsp3) is 0.278. The third-order valence-corrected chi connectivity index (χ3v) is 7.13. The lowest BCUT2D eigenvalue weighted by Crippen LogP contribution is -2.52. The quantitative estimate of drug-likeness (QED) is 0.623. The van der Waals surface area contributed by atoms with Crippen LogP contribution in [0.25, 0.3) is 0 Å². The van der Waals surface area contributed by atoms with Gasteiger partial charge in [-0.25, -0.2) is 17.6 Å². The summed E-state index contributed by atoms with van der Waals surface area (Å²) in [5.74, 6) is -1.22. The lowest BCUT2D eigenvalue weighted by atomic mass is 10.0. The maximum absolute atomic E-state index is 13.4. The van der Waals surface area contributed by atoms with Gasteiger partial charge in [0.05, 0.1) is 16.5 Å². The Bertz CT molecular complexity index is 1080. The number of amides is 1. The van der Waals surface area contributed by atoms with E-state index in [9.17, 15) is 35.9 Å². The van der Waals surface area contributed by atoms with Crippen LogP contribution >= 0.6 is 15.9 Å². The van der Waals surface area contributed by atoms with E-state index in [1.807, 2.05) is 0 Å². The molecule has 0 saturated carbocycles. The molecule has 2 aromatic carbocycles. The van der Waals surface area contributed by atoms with Crippen molar-refractivity contribution < 1.29 is 35.9 Å². The number of halogens is 5. The second-order valence-corrected chi connectivity index (χ2v) is 9.33. The molecule has 1 amide bonds. The predicted molar refractivity (Wildman–Crippen MR) is 102 cm³/mol. The smallest absolute Gasteiger partial charge is 0.417 e. The van der Waals surface area contributed by atoms with Crippen molar-refractivity contribution in [1.82, 2.24) is 9.21 Å². The van der Waals surface area contributed by atoms with Crippen molar-refractivity contribution in [2.45, 2.75) is 17.1 Å². The Kier molecular flexibility index (Phi) is 6.12. The molecule has 30 heavy (non-hydrogen) atoms. The fourth-order valence-corrected chi connectivity index (χ4v) is 5.50. The van der Waals surface area contributed by atoms with Crippen molar-refractivity contribution in [3.63, 3.8) is 0 Å². The van der Waals surface area contributed by atoms with Gasteiger partial charge < -0.3 is 10.0 Å². The van der Waals surface area contributed by atoms with Gasteiger partial charge in [0.15, 0.2) is 0 Å². The Morgan fingerprint density at radius 1 is 1.13 bits per heavy atom. The number of carboxylic acid groups (broad SMARTS) is 1. The lowest BCUT2D eigenvalue weighted by Gasteiger charge is -2.40. The molecule has 12 heteroatoms. The average Bonchev–Trinajstić information content (AvgIpc) is 2.66. The van der Waals surface area contributed by atoms with Gasteiger partial charge >= 0.3 is 12.3 Å². The summed E-state index contributed by atoms with van der Waals surface area (Å²) in [6, 6.07) is 6.67. The molecule has 2 aromatic rings. The first-order chi connectivity index (χ1) is 13.9. The number of hydrogen-bond acceptors (Lipinski definition) is 3. The molecule has 1 fully saturated rings. The molecule has 1 N–H and O–H groups in total. The number of hydrogen-bond donors (Lipinski definition) is 1. The van der Waals surface area contributed by atoms with Gasteiger partial charge in [-0.2, -0.15) is 17.5 Å². The van der Waals surface area contributed by atoms with Crippen molar-refractivity contribution in [2.75, 3.05) is 19.6 Å². The molecular formula is C18H15BrF4N2O4S. The predicted octanol–water partition coefficient (Wildman–Crippen LogP) is 4.33. The van der Waals surface area contributed by atoms with Gasteiger partial charge in [0.2, 0.25) is 10.0 Å². The van der Waals surface area contributed by atoms with E-state index in [1.54, 1.807) is 24.3 Å². The summed E-state index contributed by atoms with van der Waals surface area (Å²) in [7, 11) is -4.74. The van der Waals surface area contributed by atoms with Crippen LogP contribution in [-0.4, -0.2) is 48.5 Å². The highest BCUT2D eigenvalue weighted by Crippen LogP contribution is 2.39. The van der Waals surface area contributed by atoms with Crippen molar-refractivity contribution in [3.05, 3.63) is 63.9 Å². The number of piperazine rings is 1. The maximum Gasteiger partial charge on any atom is 0.417 e. The van der Waals surface area contributed by atoms with Crippen molar-refractivity contribution in [2.24, 2.45) is 0 Å². The third-order valence-electron chi connectivity index (χ3n) is 4.67. The van der Waals surface area contributed by atoms with Gasteiger partial charge in [0.1, 0.15) is 5.82 Å². The average molecular weight is 511 g/mol. The van der Waals surface area contributed by atoms with Gasteiger partial charge in [0.25, 0.3) is 0 Å². The molecule has 0 spiro atoms. The zero-order valence-corrected chi connectivity index (χ0v) is 17.5. The number of alkyl halides is 3. The molecule has 3 rings (SSSR count). The molecule has 1 atom stereocenters. The van der Waals surface area contributed by atoms with E-state index < -0.39 is 44.6 Å². The summed E-state index contributed by atoms with van der Waals surface area (Å²) in [4.78, 5) is 11.3. The summed E-state index contributed by atoms with van der Waals surface area (Å²) in [6.07, 6.45) is -6.37. The Balaban J connectivity index is 2.13. The van der Waals surface area contributed by atoms with Crippen LogP contribution < -0.4 is 0 Å². The summed E-state index contributed by atoms with van der Waals surface area (Å²) in [5.41, 5.74) is -1.22. The maximum atomic E-state index is 13.4. The molecule has 162 valence electrons. The third kappa shape index (κ3) is 4.44. The summed E-state index contributed by atoms with van der Waals surface area (Å²) in [6.45, 7) is -0.852. The van der Waals surface area contributed by atoms with Crippen LogP contribution in [0.1, 0.15) is 17.2 Å². The monoisotopic (exact) mass is 510 g/mol. The Morgan fingerprint density at radius 2 is 1.83 bits per heavy atom. The molecule has 6 nitrogen and oxygen atoms in total. The highest BCUT2D eigenvalue weighted by molar-refractivity contribution is 9.10. The molecule has 1 unspecified atom stereocenters. The topological polar surface area (TPSA) is 77.9 Å². The van der Waals surface area contributed by atoms with Gasteiger partial charge in [-0.15, -0.1) is 0 Å². The number of benzene rings is 2. The van der Waals surface area contributed by atoms with E-state index >= 15 is 0 Å². The molecule has 1 aliphatic rings. The SMILES string of the molecule is O=C(O)N1CCN(S(=O)(=O)c2ccc(F)cc2C(F)(F)F)C(c2cccc(Br)c2)C1. The zero-order valence-electron chi connectivity index (χ0n) is 15.1. The number of sulfonamides is 1. The van der Waals surface area contributed by atoms with E-state index in [1.165, 1.54) is 0 Å². The van der Waals surface area contributed by atoms with Crippen molar-refractivity contribution in [3.8, 4) is 0 Å². The number of rotatable bonds is 3. The Hall–Kier alpha value is -2.18. The van der Waals surface area contributed by atoms with Gasteiger partial charge in [-0.1, -0.05) is 28.1 Å². The van der Waals surface area contributed by atoms with E-state index in [0.717, 1.165) is 9.21 Å². The first-order valence-electron chi connectivity index (χ1n) is 8.53. The second kappa shape index (κ2) is 8.16. The highest BCUT2D eigenvalue weighted by Gasteiger charge is 2.43. The summed E-state index contributed by atoms with van der Waals surface area (Å²) < 4.78 is 81.6. The molecule has 1 aliphatic heterocycles. The van der Waals surface area contributed by atoms with E-state index in [0.29, 0.717) is 22.2 Å². The molecule has 1 saturated heterocycles. The Labute approximate surface area is 177 Å². The van der Waals surface area contributed by atoms with Crippen LogP contribution in [0.4, 0.5) is 22.4 Å². The Morgan fingerprint density at radius 3 is 2.43 bits per heavy atom. The highest BCUT2D eigenvalue weighted by atomic mass is 79.9. The van der Waals surface area contributed by atoms with Crippen LogP contribution in [0, 0.1) is 5.82 Å². The molecular weight excluding hydrogens is 496 g/mol. The van der Waals surface area contributed by atoms with Crippen molar-refractivity contribution >= 4 is 32.0 Å². The van der Waals surface area contributed by atoms with Crippen LogP contribution in [0.5, 0.6) is 0 Å². The first-order valence-corrected chi connectivity index (χ1v) is 10.8. The zero-order chi connectivity index (χ0) is 22.3. The molecule has 0 bridgehead atoms. The molecule has 0 aliphatic carbocycles. The molecule has 1 heterocycles. The van der Waals surface area contributed by atoms with Crippen LogP contribution in [0.15, 0.2) is 51.8 Å². The van der Waals surface area contributed by atoms with E-state index in [-0.39, 0.29) is 25.7 Å². The first kappa shape index (κ1) is 22.5. The van der Waals surface area contributed by atoms with Gasteiger partial charge in [-0.05, 0) is 35.9 Å². The minimum Gasteiger partial charge on any atom is -0.465 e. The number of carbonyl (C=O) groups is 1. The molecule has 0 radical (unpaired) electrons. The van der Waals surface area contributed by atoms with Crippen LogP contribution in [0.3, 0.4) is 0 Å². The minimum absolute atomic E-state index is 0.133. The standard InChI is InChI=1S/C18H15BrF4N2O4S/c19-12-3-1-2-11(8-12)15-10-24(17(26)27)6-7-25(15)30(28,29)16-5-4-13(20)9-14(16)18(21,22)23/h1-5,8-9,15H,6-7,10H2,(H,26,27). The minimum atomic E-state index is -5.10. The van der Waals surface area contributed by atoms with E-state index in [2.05, 4.69) is 15.9 Å². The largest absolute Gasteiger partial charge is 0.465 e. The van der Waals surface area contributed by atoms with Crippen LogP contribution in [0.2, 0.25) is 0 Å². The summed E-state index contributed by atoms with van der Waals surface area (Å²) in [5, 5.41) is 9.30. The van der Waals surface area contributed by atoms with Crippen molar-refractivity contribution in [1.29, 1.82) is 0 Å². The number of nitrogens with zero attached hydrogens (tertiary/aromatic N) is 2. The van der Waals surface area contributed by atoms with Gasteiger partial charge in [-0.3, -0.25) is 0 Å². The molecule has 0 aromatic heterocycles. The fourth-order valence-electron chi connectivity index (χ4n) is 3.29. The second-order valence-electron chi connectivity index (χ2n) is 6.55. The van der Waals surface area contributed by atoms with Gasteiger partial charge in [0, 0.05) is 24.1 Å². The normalized spacial score (nSPS) is 18.4. The lowest BCUT2D eigenvalue weighted by molar-refractivity contribution is -0.140. The van der Waals surface area contributed by atoms with Crippen LogP contribution in [-0.2, 0) is 16.2 Å².